The summed E-state index contributed by atoms with van der Waals surface area (Å²) in [6.07, 6.45) is 0. The van der Waals surface area contributed by atoms with E-state index in [0.717, 1.165) is 17.1 Å². The van der Waals surface area contributed by atoms with E-state index in [-0.39, 0.29) is 11.7 Å². The van der Waals surface area contributed by atoms with Crippen molar-refractivity contribution in [2.45, 2.75) is 16.7 Å². The lowest BCUT2D eigenvalue weighted by atomic mass is 10.2. The predicted octanol–water partition coefficient (Wildman–Crippen LogP) is 6.59. The third-order valence-electron chi connectivity index (χ3n) is 3.99. The Kier molecular flexibility index (Phi) is 8.62. The first kappa shape index (κ1) is 23.6. The zero-order chi connectivity index (χ0) is 21.7. The van der Waals surface area contributed by atoms with E-state index in [0.29, 0.717) is 36.7 Å². The summed E-state index contributed by atoms with van der Waals surface area (Å²) in [5.74, 6) is 2.16. The van der Waals surface area contributed by atoms with Crippen LogP contribution in [-0.2, 0) is 23.3 Å². The fourth-order valence-electron chi connectivity index (χ4n) is 2.40. The quantitative estimate of drug-likeness (QED) is 0.338. The number of benzene rings is 2. The number of hydrogen-bond acceptors (Lipinski definition) is 5. The van der Waals surface area contributed by atoms with Crippen molar-refractivity contribution in [3.05, 3.63) is 67.9 Å². The monoisotopic (exact) mass is 520 g/mol. The van der Waals surface area contributed by atoms with Gasteiger partial charge < -0.3 is 9.88 Å². The molecule has 0 radical (unpaired) electrons. The van der Waals surface area contributed by atoms with Gasteiger partial charge >= 0.3 is 0 Å². The standard InChI is InChI=1S/C19H16Cl4N4OS2/c1-27-16(9-29-8-11-5-6-12(20)7-14(11)22)25-26-19(27)30-10-17(28)24-15-4-2-3-13(21)18(15)23/h2-7H,8-10H2,1H3,(H,24,28). The van der Waals surface area contributed by atoms with E-state index in [1.807, 2.05) is 23.7 Å². The molecule has 3 aromatic rings. The largest absolute Gasteiger partial charge is 0.324 e. The van der Waals surface area contributed by atoms with Gasteiger partial charge in [0.05, 0.1) is 27.2 Å². The highest BCUT2D eigenvalue weighted by molar-refractivity contribution is 7.99. The van der Waals surface area contributed by atoms with E-state index in [2.05, 4.69) is 15.5 Å². The zero-order valence-corrected chi connectivity index (χ0v) is 20.3. The SMILES string of the molecule is Cn1c(CSCc2ccc(Cl)cc2Cl)nnc1SCC(=O)Nc1cccc(Cl)c1Cl. The van der Waals surface area contributed by atoms with E-state index in [1.54, 1.807) is 36.0 Å². The van der Waals surface area contributed by atoms with Crippen LogP contribution in [0.25, 0.3) is 0 Å². The molecule has 0 unspecified atom stereocenters. The van der Waals surface area contributed by atoms with E-state index < -0.39 is 0 Å². The molecule has 3 rings (SSSR count). The number of nitrogens with one attached hydrogen (secondary N) is 1. The van der Waals surface area contributed by atoms with Crippen LogP contribution >= 0.6 is 69.9 Å². The Bertz CT molecular complexity index is 1060. The highest BCUT2D eigenvalue weighted by Crippen LogP contribution is 2.30. The normalized spacial score (nSPS) is 11.0. The Morgan fingerprint density at radius 2 is 1.87 bits per heavy atom. The summed E-state index contributed by atoms with van der Waals surface area (Å²) in [5.41, 5.74) is 1.49. The average Bonchev–Trinajstić information content (AvgIpc) is 3.05. The minimum atomic E-state index is -0.208. The van der Waals surface area contributed by atoms with Gasteiger partial charge in [-0.15, -0.1) is 22.0 Å². The Hall–Kier alpha value is -1.09. The molecule has 5 nitrogen and oxygen atoms in total. The van der Waals surface area contributed by atoms with Crippen LogP contribution in [0, 0.1) is 0 Å². The number of carbonyl (C=O) groups excluding carboxylic acids is 1. The van der Waals surface area contributed by atoms with Crippen LogP contribution in [0.5, 0.6) is 0 Å². The van der Waals surface area contributed by atoms with Gasteiger partial charge in [-0.05, 0) is 29.8 Å². The second kappa shape index (κ2) is 11.0. The molecule has 0 aliphatic carbocycles. The Labute approximate surface area is 202 Å². The van der Waals surface area contributed by atoms with E-state index in [9.17, 15) is 4.79 Å². The molecular weight excluding hydrogens is 506 g/mol. The van der Waals surface area contributed by atoms with Crippen molar-refractivity contribution in [3.63, 3.8) is 0 Å². The minimum absolute atomic E-state index is 0.169. The molecule has 2 aromatic carbocycles. The molecule has 158 valence electrons. The smallest absolute Gasteiger partial charge is 0.234 e. The molecule has 0 saturated carbocycles. The van der Waals surface area contributed by atoms with Crippen molar-refractivity contribution >= 4 is 81.5 Å². The van der Waals surface area contributed by atoms with Crippen LogP contribution in [0.1, 0.15) is 11.4 Å². The van der Waals surface area contributed by atoms with Crippen molar-refractivity contribution in [3.8, 4) is 0 Å². The van der Waals surface area contributed by atoms with Crippen molar-refractivity contribution in [2.75, 3.05) is 11.1 Å². The number of amides is 1. The first-order valence-corrected chi connectivity index (χ1v) is 12.3. The molecule has 1 heterocycles. The molecule has 0 saturated heterocycles. The number of carbonyl (C=O) groups is 1. The van der Waals surface area contributed by atoms with Crippen LogP contribution in [-0.4, -0.2) is 26.4 Å². The summed E-state index contributed by atoms with van der Waals surface area (Å²) in [7, 11) is 1.87. The zero-order valence-electron chi connectivity index (χ0n) is 15.7. The van der Waals surface area contributed by atoms with Gasteiger partial charge in [0.15, 0.2) is 5.16 Å². The molecule has 0 aliphatic rings. The summed E-state index contributed by atoms with van der Waals surface area (Å²) < 4.78 is 1.88. The summed E-state index contributed by atoms with van der Waals surface area (Å²) in [6, 6.07) is 10.6. The lowest BCUT2D eigenvalue weighted by Crippen LogP contribution is -2.14. The lowest BCUT2D eigenvalue weighted by molar-refractivity contribution is -0.113. The second-order valence-corrected chi connectivity index (χ2v) is 9.68. The molecule has 0 atom stereocenters. The second-order valence-electron chi connectivity index (χ2n) is 6.12. The fraction of sp³-hybridized carbons (Fsp3) is 0.211. The summed E-state index contributed by atoms with van der Waals surface area (Å²) >= 11 is 27.2. The van der Waals surface area contributed by atoms with E-state index in [4.69, 9.17) is 46.4 Å². The average molecular weight is 522 g/mol. The molecule has 0 bridgehead atoms. The highest BCUT2D eigenvalue weighted by Gasteiger charge is 2.13. The number of halogens is 4. The van der Waals surface area contributed by atoms with Crippen LogP contribution in [0.4, 0.5) is 5.69 Å². The first-order valence-electron chi connectivity index (χ1n) is 8.61. The van der Waals surface area contributed by atoms with Crippen molar-refractivity contribution < 1.29 is 4.79 Å². The number of nitrogens with zero attached hydrogens (tertiary/aromatic N) is 3. The van der Waals surface area contributed by atoms with Gasteiger partial charge in [0.2, 0.25) is 5.91 Å². The van der Waals surface area contributed by atoms with Gasteiger partial charge in [-0.2, -0.15) is 0 Å². The molecule has 11 heteroatoms. The molecule has 1 aromatic heterocycles. The number of hydrogen-bond donors (Lipinski definition) is 1. The fourth-order valence-corrected chi connectivity index (χ4v) is 5.04. The third kappa shape index (κ3) is 6.22. The van der Waals surface area contributed by atoms with Gasteiger partial charge in [0, 0.05) is 22.8 Å². The van der Waals surface area contributed by atoms with Crippen molar-refractivity contribution in [1.82, 2.24) is 14.8 Å². The summed E-state index contributed by atoms with van der Waals surface area (Å²) in [5, 5.41) is 13.8. The van der Waals surface area contributed by atoms with Crippen LogP contribution in [0.2, 0.25) is 20.1 Å². The third-order valence-corrected chi connectivity index (χ3v) is 7.39. The molecule has 30 heavy (non-hydrogen) atoms. The van der Waals surface area contributed by atoms with E-state index >= 15 is 0 Å². The highest BCUT2D eigenvalue weighted by atomic mass is 35.5. The number of anilines is 1. The minimum Gasteiger partial charge on any atom is -0.324 e. The maximum atomic E-state index is 12.2. The molecule has 0 fully saturated rings. The van der Waals surface area contributed by atoms with Gasteiger partial charge in [0.1, 0.15) is 5.82 Å². The molecule has 1 amide bonds. The van der Waals surface area contributed by atoms with Crippen molar-refractivity contribution in [1.29, 1.82) is 0 Å². The van der Waals surface area contributed by atoms with E-state index in [1.165, 1.54) is 11.8 Å². The number of thioether (sulfide) groups is 2. The van der Waals surface area contributed by atoms with Crippen LogP contribution in [0.15, 0.2) is 41.6 Å². The van der Waals surface area contributed by atoms with Crippen LogP contribution in [0.3, 0.4) is 0 Å². The van der Waals surface area contributed by atoms with Crippen LogP contribution < -0.4 is 5.32 Å². The van der Waals surface area contributed by atoms with Gasteiger partial charge in [-0.3, -0.25) is 4.79 Å². The molecule has 0 spiro atoms. The Morgan fingerprint density at radius 3 is 2.63 bits per heavy atom. The predicted molar refractivity (Wildman–Crippen MR) is 128 cm³/mol. The van der Waals surface area contributed by atoms with Crippen molar-refractivity contribution in [2.24, 2.45) is 7.05 Å². The molecule has 1 N–H and O–H groups in total. The molecular formula is C19H16Cl4N4OS2. The lowest BCUT2D eigenvalue weighted by Gasteiger charge is -2.08. The Balaban J connectivity index is 1.51. The maximum Gasteiger partial charge on any atom is 0.234 e. The summed E-state index contributed by atoms with van der Waals surface area (Å²) in [6.45, 7) is 0. The number of aromatic nitrogens is 3. The topological polar surface area (TPSA) is 59.8 Å². The van der Waals surface area contributed by atoms with Gasteiger partial charge in [-0.1, -0.05) is 70.3 Å². The summed E-state index contributed by atoms with van der Waals surface area (Å²) in [4.78, 5) is 12.2. The maximum absolute atomic E-state index is 12.2. The van der Waals surface area contributed by atoms with Gasteiger partial charge in [-0.25, -0.2) is 0 Å². The Morgan fingerprint density at radius 1 is 1.07 bits per heavy atom. The molecule has 0 aliphatic heterocycles. The van der Waals surface area contributed by atoms with Gasteiger partial charge in [0.25, 0.3) is 0 Å². The number of rotatable bonds is 8. The first-order chi connectivity index (χ1) is 14.3.